The lowest BCUT2D eigenvalue weighted by Gasteiger charge is -2.58. The molecule has 1 aromatic rings. The molecule has 2 fully saturated rings. The number of benzene rings is 1. The number of hydrogen-bond donors (Lipinski definition) is 1. The van der Waals surface area contributed by atoms with Crippen molar-refractivity contribution in [3.8, 4) is 0 Å². The van der Waals surface area contributed by atoms with E-state index in [1.165, 1.54) is 5.56 Å². The Morgan fingerprint density at radius 3 is 2.76 bits per heavy atom. The summed E-state index contributed by atoms with van der Waals surface area (Å²) in [5.74, 6) is -0.588. The van der Waals surface area contributed by atoms with Gasteiger partial charge < -0.3 is 14.6 Å². The number of ether oxygens (including phenoxy) is 2. The van der Waals surface area contributed by atoms with Crippen LogP contribution in [0.1, 0.15) is 36.3 Å². The highest BCUT2D eigenvalue weighted by Crippen LogP contribution is 2.63. The van der Waals surface area contributed by atoms with E-state index < -0.39 is 11.4 Å². The van der Waals surface area contributed by atoms with Gasteiger partial charge >= 0.3 is 0 Å². The van der Waals surface area contributed by atoms with Gasteiger partial charge in [-0.15, -0.1) is 0 Å². The van der Waals surface area contributed by atoms with Gasteiger partial charge in [-0.05, 0) is 24.0 Å². The average Bonchev–Trinajstić information content (AvgIpc) is 2.82. The van der Waals surface area contributed by atoms with E-state index in [0.717, 1.165) is 24.8 Å². The van der Waals surface area contributed by atoms with Crippen LogP contribution in [0, 0.1) is 0 Å². The van der Waals surface area contributed by atoms with Gasteiger partial charge in [-0.25, -0.2) is 0 Å². The lowest BCUT2D eigenvalue weighted by Crippen LogP contribution is -2.63. The minimum absolute atomic E-state index is 0.186. The van der Waals surface area contributed by atoms with Crippen molar-refractivity contribution in [2.75, 3.05) is 13.2 Å². The van der Waals surface area contributed by atoms with Crippen LogP contribution in [0.25, 0.3) is 0 Å². The molecular weight excluding hydrogens is 216 g/mol. The van der Waals surface area contributed by atoms with Gasteiger partial charge in [0, 0.05) is 12.3 Å². The Hall–Kier alpha value is -0.900. The predicted molar refractivity (Wildman–Crippen MR) is 61.6 cm³/mol. The van der Waals surface area contributed by atoms with Crippen LogP contribution in [-0.2, 0) is 15.1 Å². The van der Waals surface area contributed by atoms with Gasteiger partial charge in [-0.2, -0.15) is 0 Å². The lowest BCUT2D eigenvalue weighted by molar-refractivity contribution is -0.310. The highest BCUT2D eigenvalue weighted by molar-refractivity contribution is 5.50. The van der Waals surface area contributed by atoms with Gasteiger partial charge in [-0.1, -0.05) is 24.3 Å². The number of hydrogen-bond acceptors (Lipinski definition) is 3. The molecule has 1 saturated heterocycles. The summed E-state index contributed by atoms with van der Waals surface area (Å²) in [5.41, 5.74) is 1.36. The highest BCUT2D eigenvalue weighted by Gasteiger charge is 2.67. The molecule has 2 aliphatic carbocycles. The molecule has 1 heterocycles. The third kappa shape index (κ3) is 0.992. The Morgan fingerprint density at radius 2 is 1.94 bits per heavy atom. The molecule has 3 heteroatoms. The lowest BCUT2D eigenvalue weighted by atomic mass is 9.55. The molecule has 1 saturated carbocycles. The van der Waals surface area contributed by atoms with Crippen LogP contribution >= 0.6 is 0 Å². The van der Waals surface area contributed by atoms with E-state index >= 15 is 0 Å². The zero-order valence-electron chi connectivity index (χ0n) is 9.69. The molecule has 0 bridgehead atoms. The molecule has 3 aliphatic rings. The predicted octanol–water partition coefficient (Wildman–Crippen LogP) is 1.90. The number of aliphatic hydroxyl groups is 1. The summed E-state index contributed by atoms with van der Waals surface area (Å²) in [7, 11) is 0. The number of rotatable bonds is 0. The Bertz CT molecular complexity index is 464. The molecule has 1 N–H and O–H groups in total. The second-order valence-electron chi connectivity index (χ2n) is 5.25. The highest BCUT2D eigenvalue weighted by atomic mass is 16.7. The van der Waals surface area contributed by atoms with Crippen LogP contribution in [0.4, 0.5) is 0 Å². The maximum atomic E-state index is 11.1. The maximum Gasteiger partial charge on any atom is 0.202 e. The topological polar surface area (TPSA) is 38.7 Å². The summed E-state index contributed by atoms with van der Waals surface area (Å²) in [6.45, 7) is 1.19. The van der Waals surface area contributed by atoms with Gasteiger partial charge in [0.2, 0.25) is 5.79 Å². The Morgan fingerprint density at radius 1 is 1.18 bits per heavy atom. The second-order valence-corrected chi connectivity index (χ2v) is 5.25. The average molecular weight is 232 g/mol. The summed E-state index contributed by atoms with van der Waals surface area (Å²) >= 11 is 0. The van der Waals surface area contributed by atoms with E-state index in [1.54, 1.807) is 0 Å². The molecule has 1 aliphatic heterocycles. The van der Waals surface area contributed by atoms with E-state index in [-0.39, 0.29) is 5.92 Å². The third-order valence-electron chi connectivity index (χ3n) is 4.58. The van der Waals surface area contributed by atoms with Crippen LogP contribution in [0.3, 0.4) is 0 Å². The van der Waals surface area contributed by atoms with Crippen molar-refractivity contribution in [2.45, 2.75) is 36.6 Å². The van der Waals surface area contributed by atoms with Crippen molar-refractivity contribution >= 4 is 0 Å². The van der Waals surface area contributed by atoms with E-state index in [4.69, 9.17) is 9.47 Å². The Labute approximate surface area is 100 Å². The molecule has 4 rings (SSSR count). The first-order valence-corrected chi connectivity index (χ1v) is 6.38. The van der Waals surface area contributed by atoms with Crippen LogP contribution in [0.2, 0.25) is 0 Å². The van der Waals surface area contributed by atoms with Gasteiger partial charge in [0.05, 0.1) is 13.2 Å². The standard InChI is InChI=1S/C14H16O3/c15-14-11-5-2-1-4-10(11)12(14)6-3-7-13(14)16-8-9-17-13/h1-2,4-5,12,15H,3,6-9H2/t12-,14-/m0/s1. The summed E-state index contributed by atoms with van der Waals surface area (Å²) < 4.78 is 11.6. The molecule has 0 aromatic heterocycles. The smallest absolute Gasteiger partial charge is 0.202 e. The molecule has 0 radical (unpaired) electrons. The Kier molecular flexibility index (Phi) is 1.84. The number of fused-ring (bicyclic) bond motifs is 5. The maximum absolute atomic E-state index is 11.1. The van der Waals surface area contributed by atoms with Gasteiger partial charge in [0.25, 0.3) is 0 Å². The summed E-state index contributed by atoms with van der Waals surface area (Å²) in [6.07, 6.45) is 2.89. The van der Waals surface area contributed by atoms with Gasteiger partial charge in [0.15, 0.2) is 5.60 Å². The van der Waals surface area contributed by atoms with Crippen molar-refractivity contribution in [3.63, 3.8) is 0 Å². The zero-order valence-corrected chi connectivity index (χ0v) is 9.69. The fourth-order valence-electron chi connectivity index (χ4n) is 3.87. The van der Waals surface area contributed by atoms with Crippen molar-refractivity contribution in [1.82, 2.24) is 0 Å². The molecule has 3 nitrogen and oxygen atoms in total. The molecular formula is C14H16O3. The van der Waals surface area contributed by atoms with Crippen molar-refractivity contribution < 1.29 is 14.6 Å². The van der Waals surface area contributed by atoms with Crippen molar-refractivity contribution in [2.24, 2.45) is 0 Å². The molecule has 0 unspecified atom stereocenters. The fourth-order valence-corrected chi connectivity index (χ4v) is 3.87. The summed E-state index contributed by atoms with van der Waals surface area (Å²) in [6, 6.07) is 8.13. The monoisotopic (exact) mass is 232 g/mol. The first kappa shape index (κ1) is 10.1. The Balaban J connectivity index is 1.88. The fraction of sp³-hybridized carbons (Fsp3) is 0.571. The zero-order chi connectivity index (χ0) is 11.5. The third-order valence-corrected chi connectivity index (χ3v) is 4.58. The van der Waals surface area contributed by atoms with Gasteiger partial charge in [-0.3, -0.25) is 0 Å². The molecule has 2 atom stereocenters. The van der Waals surface area contributed by atoms with Crippen molar-refractivity contribution in [3.05, 3.63) is 35.4 Å². The quantitative estimate of drug-likeness (QED) is 0.742. The van der Waals surface area contributed by atoms with Crippen LogP contribution in [0.5, 0.6) is 0 Å². The van der Waals surface area contributed by atoms with Crippen LogP contribution < -0.4 is 0 Å². The van der Waals surface area contributed by atoms with E-state index in [0.29, 0.717) is 13.2 Å². The van der Waals surface area contributed by atoms with E-state index in [9.17, 15) is 5.11 Å². The summed E-state index contributed by atoms with van der Waals surface area (Å²) in [4.78, 5) is 0. The largest absolute Gasteiger partial charge is 0.379 e. The summed E-state index contributed by atoms with van der Waals surface area (Å²) in [5, 5.41) is 11.1. The van der Waals surface area contributed by atoms with E-state index in [1.807, 2.05) is 18.2 Å². The first-order chi connectivity index (χ1) is 8.28. The SMILES string of the molecule is O[C@@]12c3ccccc3[C@@H]1CCCC21OCCO1. The van der Waals surface area contributed by atoms with E-state index in [2.05, 4.69) is 6.07 Å². The normalized spacial score (nSPS) is 37.4. The minimum atomic E-state index is -0.918. The molecule has 17 heavy (non-hydrogen) atoms. The van der Waals surface area contributed by atoms with Crippen molar-refractivity contribution in [1.29, 1.82) is 0 Å². The molecule has 0 amide bonds. The molecule has 1 aromatic carbocycles. The molecule has 90 valence electrons. The second kappa shape index (κ2) is 3.10. The molecule has 1 spiro atoms. The van der Waals surface area contributed by atoms with Crippen LogP contribution in [-0.4, -0.2) is 24.1 Å². The van der Waals surface area contributed by atoms with Crippen LogP contribution in [0.15, 0.2) is 24.3 Å². The minimum Gasteiger partial charge on any atom is -0.379 e. The van der Waals surface area contributed by atoms with Gasteiger partial charge in [0.1, 0.15) is 0 Å². The first-order valence-electron chi connectivity index (χ1n) is 6.38.